The average Bonchev–Trinajstić information content (AvgIpc) is 3.12. The van der Waals surface area contributed by atoms with Crippen molar-refractivity contribution in [2.75, 3.05) is 23.9 Å². The molecule has 43 heavy (non-hydrogen) atoms. The second-order valence-corrected chi connectivity index (χ2v) is 10.2. The first kappa shape index (κ1) is 29.0. The monoisotopic (exact) mass is 573 g/mol. The Labute approximate surface area is 250 Å². The third-order valence-corrected chi connectivity index (χ3v) is 7.23. The molecule has 0 aromatic heterocycles. The molecule has 1 unspecified atom stereocenters. The van der Waals surface area contributed by atoms with Crippen molar-refractivity contribution < 1.29 is 23.9 Å². The Balaban J connectivity index is 1.49. The lowest BCUT2D eigenvalue weighted by molar-refractivity contribution is -0.139. The number of benzene rings is 4. The maximum absolute atomic E-state index is 14.2. The van der Waals surface area contributed by atoms with Gasteiger partial charge in [0.2, 0.25) is 0 Å². The van der Waals surface area contributed by atoms with E-state index in [-0.39, 0.29) is 18.7 Å². The third-order valence-electron chi connectivity index (χ3n) is 7.23. The summed E-state index contributed by atoms with van der Waals surface area (Å²) in [6.45, 7) is 1.65. The van der Waals surface area contributed by atoms with Gasteiger partial charge in [-0.15, -0.1) is 0 Å². The fourth-order valence-corrected chi connectivity index (χ4v) is 5.11. The van der Waals surface area contributed by atoms with E-state index in [1.807, 2.05) is 73.7 Å². The van der Waals surface area contributed by atoms with Gasteiger partial charge in [0, 0.05) is 16.8 Å². The van der Waals surface area contributed by atoms with Crippen molar-refractivity contribution in [3.63, 3.8) is 0 Å². The molecular weight excluding hydrogens is 542 g/mol. The van der Waals surface area contributed by atoms with Crippen LogP contribution < -0.4 is 15.5 Å². The van der Waals surface area contributed by atoms with Gasteiger partial charge in [-0.2, -0.15) is 0 Å². The topological polar surface area (TPSA) is 105 Å². The molecule has 0 aliphatic carbocycles. The van der Waals surface area contributed by atoms with Crippen LogP contribution in [0.3, 0.4) is 0 Å². The van der Waals surface area contributed by atoms with Crippen molar-refractivity contribution in [2.45, 2.75) is 19.4 Å². The number of anilines is 2. The van der Waals surface area contributed by atoms with Gasteiger partial charge in [0.25, 0.3) is 5.91 Å². The van der Waals surface area contributed by atoms with E-state index in [9.17, 15) is 19.2 Å². The summed E-state index contributed by atoms with van der Waals surface area (Å²) in [6.07, 6.45) is 1.78. The molecule has 0 radical (unpaired) electrons. The van der Waals surface area contributed by atoms with Crippen LogP contribution in [-0.2, 0) is 20.7 Å². The molecule has 1 atom stereocenters. The predicted octanol–water partition coefficient (Wildman–Crippen LogP) is 5.56. The molecule has 0 bridgehead atoms. The van der Waals surface area contributed by atoms with Gasteiger partial charge in [-0.1, -0.05) is 84.9 Å². The molecule has 0 spiro atoms. The Bertz CT molecular complexity index is 1710. The number of Topliss-reactive ketones (excluding diaryl/α,β-unsaturated/α-hetero) is 1. The molecule has 1 aliphatic heterocycles. The maximum Gasteiger partial charge on any atom is 0.320 e. The number of hydrogen-bond donors (Lipinski definition) is 2. The number of urea groups is 1. The molecule has 1 aliphatic rings. The van der Waals surface area contributed by atoms with Gasteiger partial charge in [0.1, 0.15) is 6.04 Å². The summed E-state index contributed by atoms with van der Waals surface area (Å²) in [7, 11) is 1.31. The minimum absolute atomic E-state index is 0.0556. The number of aryl methyl sites for hydroxylation is 1. The number of nitrogens with zero attached hydrogens (tertiary/aromatic N) is 1. The van der Waals surface area contributed by atoms with Crippen LogP contribution in [0.1, 0.15) is 32.6 Å². The first-order valence-electron chi connectivity index (χ1n) is 13.8. The molecule has 2 N–H and O–H groups in total. The van der Waals surface area contributed by atoms with E-state index in [1.165, 1.54) is 12.0 Å². The normalized spacial score (nSPS) is 14.2. The Morgan fingerprint density at radius 1 is 0.860 bits per heavy atom. The molecular formula is C35H31N3O5. The number of ketones is 1. The van der Waals surface area contributed by atoms with Crippen molar-refractivity contribution in [1.29, 1.82) is 0 Å². The number of rotatable bonds is 8. The molecule has 5 rings (SSSR count). The number of hydrogen-bond acceptors (Lipinski definition) is 5. The molecule has 4 aromatic rings. The summed E-state index contributed by atoms with van der Waals surface area (Å²) in [5, 5.41) is 5.55. The molecule has 4 aromatic carbocycles. The van der Waals surface area contributed by atoms with Crippen LogP contribution in [0.5, 0.6) is 0 Å². The van der Waals surface area contributed by atoms with E-state index in [0.29, 0.717) is 22.5 Å². The average molecular weight is 574 g/mol. The van der Waals surface area contributed by atoms with E-state index >= 15 is 0 Å². The molecule has 0 saturated carbocycles. The molecule has 1 heterocycles. The van der Waals surface area contributed by atoms with Gasteiger partial charge < -0.3 is 20.3 Å². The Hall–Kier alpha value is -5.50. The fourth-order valence-electron chi connectivity index (χ4n) is 5.11. The summed E-state index contributed by atoms with van der Waals surface area (Å²) in [6, 6.07) is 29.4. The lowest BCUT2D eigenvalue weighted by Crippen LogP contribution is -2.50. The van der Waals surface area contributed by atoms with Gasteiger partial charge in [-0.3, -0.25) is 14.4 Å². The lowest BCUT2D eigenvalue weighted by atomic mass is 9.95. The van der Waals surface area contributed by atoms with Crippen LogP contribution in [0.25, 0.3) is 5.57 Å². The van der Waals surface area contributed by atoms with Gasteiger partial charge in [-0.25, -0.2) is 4.79 Å². The van der Waals surface area contributed by atoms with Crippen LogP contribution in [-0.4, -0.2) is 43.4 Å². The largest absolute Gasteiger partial charge is 0.469 e. The highest BCUT2D eigenvalue weighted by Crippen LogP contribution is 2.35. The zero-order valence-corrected chi connectivity index (χ0v) is 23.9. The van der Waals surface area contributed by atoms with Crippen LogP contribution >= 0.6 is 0 Å². The fraction of sp³-hybridized carbons (Fsp3) is 0.143. The lowest BCUT2D eigenvalue weighted by Gasteiger charge is -2.26. The first-order valence-corrected chi connectivity index (χ1v) is 13.8. The number of carbonyl (C=O) groups is 4. The van der Waals surface area contributed by atoms with E-state index in [1.54, 1.807) is 42.5 Å². The van der Waals surface area contributed by atoms with Gasteiger partial charge >= 0.3 is 12.0 Å². The van der Waals surface area contributed by atoms with E-state index in [4.69, 9.17) is 4.74 Å². The Kier molecular flexibility index (Phi) is 8.77. The highest BCUT2D eigenvalue weighted by Gasteiger charge is 2.33. The van der Waals surface area contributed by atoms with Crippen LogP contribution in [0.2, 0.25) is 0 Å². The second kappa shape index (κ2) is 13.0. The Morgan fingerprint density at radius 3 is 2.35 bits per heavy atom. The van der Waals surface area contributed by atoms with E-state index in [2.05, 4.69) is 10.6 Å². The summed E-state index contributed by atoms with van der Waals surface area (Å²) in [5.41, 5.74) is 5.40. The first-order chi connectivity index (χ1) is 20.8. The number of methoxy groups -OCH3 is 1. The quantitative estimate of drug-likeness (QED) is 0.212. The molecule has 0 fully saturated rings. The number of carbonyl (C=O) groups excluding carboxylic acids is 4. The molecule has 216 valence electrons. The van der Waals surface area contributed by atoms with E-state index < -0.39 is 23.9 Å². The number of fused-ring (bicyclic) bond motifs is 1. The SMILES string of the molecule is COC(=O)Cc1cccc(NC(=O)NC2C=C(c3ccccc3)c3ccccc3N(CC(=O)c3ccccc3C)C2=O)c1. The summed E-state index contributed by atoms with van der Waals surface area (Å²) >= 11 is 0. The summed E-state index contributed by atoms with van der Waals surface area (Å²) in [5.74, 6) is -1.06. The number of ether oxygens (including phenoxy) is 1. The minimum Gasteiger partial charge on any atom is -0.469 e. The van der Waals surface area contributed by atoms with E-state index in [0.717, 1.165) is 22.3 Å². The number of amides is 3. The number of nitrogens with one attached hydrogen (secondary N) is 2. The van der Waals surface area contributed by atoms with Crippen molar-refractivity contribution in [3.8, 4) is 0 Å². The molecule has 8 heteroatoms. The van der Waals surface area contributed by atoms with Gasteiger partial charge in [0.05, 0.1) is 25.8 Å². The standard InChI is InChI=1S/C35H31N3O5/c1-23-11-6-7-16-27(23)32(39)22-38-31-18-9-8-17-28(31)29(25-13-4-3-5-14-25)21-30(34(38)41)37-35(42)36-26-15-10-12-24(19-26)20-33(40)43-2/h3-19,21,30H,20,22H2,1-2H3,(H2,36,37,42). The smallest absolute Gasteiger partial charge is 0.320 e. The predicted molar refractivity (Wildman–Crippen MR) is 166 cm³/mol. The number of esters is 1. The zero-order valence-electron chi connectivity index (χ0n) is 23.9. The highest BCUT2D eigenvalue weighted by atomic mass is 16.5. The van der Waals surface area contributed by atoms with Crippen LogP contribution in [0.15, 0.2) is 109 Å². The third kappa shape index (κ3) is 6.70. The summed E-state index contributed by atoms with van der Waals surface area (Å²) in [4.78, 5) is 54.1. The summed E-state index contributed by atoms with van der Waals surface area (Å²) < 4.78 is 4.73. The second-order valence-electron chi connectivity index (χ2n) is 10.2. The number of para-hydroxylation sites is 1. The molecule has 3 amide bonds. The van der Waals surface area contributed by atoms with Crippen LogP contribution in [0, 0.1) is 6.92 Å². The van der Waals surface area contributed by atoms with Gasteiger partial charge in [0.15, 0.2) is 5.78 Å². The van der Waals surface area contributed by atoms with Gasteiger partial charge in [-0.05, 0) is 53.5 Å². The van der Waals surface area contributed by atoms with Crippen molar-refractivity contribution in [3.05, 3.63) is 137 Å². The molecule has 0 saturated heterocycles. The minimum atomic E-state index is -1.09. The highest BCUT2D eigenvalue weighted by molar-refractivity contribution is 6.12. The Morgan fingerprint density at radius 2 is 1.58 bits per heavy atom. The maximum atomic E-state index is 14.2. The van der Waals surface area contributed by atoms with Crippen molar-refractivity contribution in [2.24, 2.45) is 0 Å². The molecule has 8 nitrogen and oxygen atoms in total. The van der Waals surface area contributed by atoms with Crippen LogP contribution in [0.4, 0.5) is 16.2 Å². The van der Waals surface area contributed by atoms with Crippen molar-refractivity contribution >= 4 is 40.6 Å². The zero-order chi connectivity index (χ0) is 30.3. The van der Waals surface area contributed by atoms with Crippen molar-refractivity contribution in [1.82, 2.24) is 5.32 Å².